The molecule has 0 bridgehead atoms. The van der Waals surface area contributed by atoms with Crippen LogP contribution in [0.5, 0.6) is 0 Å². The molecule has 1 saturated heterocycles. The Labute approximate surface area is 215 Å². The zero-order valence-electron chi connectivity index (χ0n) is 20.8. The normalized spacial score (nSPS) is 15.1. The summed E-state index contributed by atoms with van der Waals surface area (Å²) in [6, 6.07) is 21.7. The highest BCUT2D eigenvalue weighted by Crippen LogP contribution is 2.28. The van der Waals surface area contributed by atoms with Crippen molar-refractivity contribution in [3.8, 4) is 11.4 Å². The molecule has 9 nitrogen and oxygen atoms in total. The van der Waals surface area contributed by atoms with Gasteiger partial charge in [-0.2, -0.15) is 0 Å². The van der Waals surface area contributed by atoms with Gasteiger partial charge in [-0.15, -0.1) is 0 Å². The van der Waals surface area contributed by atoms with Crippen molar-refractivity contribution in [2.24, 2.45) is 0 Å². The van der Waals surface area contributed by atoms with Crippen LogP contribution in [-0.4, -0.2) is 63.9 Å². The summed E-state index contributed by atoms with van der Waals surface area (Å²) in [7, 11) is 0. The number of likely N-dealkylation sites (tertiary alicyclic amines) is 1. The summed E-state index contributed by atoms with van der Waals surface area (Å²) in [4.78, 5) is 39.5. The van der Waals surface area contributed by atoms with Crippen molar-refractivity contribution in [1.82, 2.24) is 25.2 Å². The molecule has 4 N–H and O–H groups in total. The second-order valence-corrected chi connectivity index (χ2v) is 9.16. The Morgan fingerprint density at radius 2 is 1.76 bits per heavy atom. The number of amides is 2. The third-order valence-electron chi connectivity index (χ3n) is 6.49. The van der Waals surface area contributed by atoms with Crippen LogP contribution in [0.1, 0.15) is 30.3 Å². The van der Waals surface area contributed by atoms with Gasteiger partial charge in [0.05, 0.1) is 5.39 Å². The average Bonchev–Trinajstić information content (AvgIpc) is 3.58. The highest BCUT2D eigenvalue weighted by molar-refractivity contribution is 6.00. The van der Waals surface area contributed by atoms with Crippen LogP contribution in [-0.2, 0) is 4.79 Å². The highest BCUT2D eigenvalue weighted by atomic mass is 16.2. The van der Waals surface area contributed by atoms with Crippen LogP contribution >= 0.6 is 0 Å². The molecule has 0 spiro atoms. The molecule has 1 aliphatic heterocycles. The minimum atomic E-state index is -0.0870. The van der Waals surface area contributed by atoms with E-state index in [4.69, 9.17) is 9.97 Å². The molecular formula is C28H31N7O2. The molecule has 0 saturated carbocycles. The number of rotatable bonds is 9. The van der Waals surface area contributed by atoms with Crippen LogP contribution in [0.4, 0.5) is 11.5 Å². The first kappa shape index (κ1) is 24.3. The fourth-order valence-corrected chi connectivity index (χ4v) is 4.66. The van der Waals surface area contributed by atoms with E-state index in [1.54, 1.807) is 0 Å². The van der Waals surface area contributed by atoms with Crippen LogP contribution in [0.3, 0.4) is 0 Å². The van der Waals surface area contributed by atoms with E-state index in [2.05, 4.69) is 20.9 Å². The number of carbonyl (C=O) groups excluding carboxylic acids is 2. The zero-order chi connectivity index (χ0) is 25.6. The fraction of sp³-hybridized carbons (Fsp3) is 0.286. The number of nitrogens with zero attached hydrogens (tertiary/aromatic N) is 3. The Balaban J connectivity index is 1.39. The molecule has 1 atom stereocenters. The van der Waals surface area contributed by atoms with Gasteiger partial charge in [0.2, 0.25) is 5.91 Å². The summed E-state index contributed by atoms with van der Waals surface area (Å²) in [5, 5.41) is 10.3. The lowest BCUT2D eigenvalue weighted by Gasteiger charge is -2.25. The first-order valence-corrected chi connectivity index (χ1v) is 12.6. The highest BCUT2D eigenvalue weighted by Gasteiger charge is 2.30. The molecule has 1 unspecified atom stereocenters. The van der Waals surface area contributed by atoms with Crippen LogP contribution in [0.25, 0.3) is 22.4 Å². The van der Waals surface area contributed by atoms with E-state index in [1.807, 2.05) is 71.6 Å². The quantitative estimate of drug-likeness (QED) is 0.261. The number of nitrogens with one attached hydrogen (secondary N) is 4. The number of hydrogen-bond acceptors (Lipinski definition) is 6. The number of para-hydroxylation sites is 1. The molecule has 5 rings (SSSR count). The minimum absolute atomic E-state index is 0.0409. The summed E-state index contributed by atoms with van der Waals surface area (Å²) in [5.74, 6) is 1.05. The summed E-state index contributed by atoms with van der Waals surface area (Å²) in [6.45, 7) is 3.86. The summed E-state index contributed by atoms with van der Waals surface area (Å²) in [6.07, 6.45) is 1.93. The predicted octanol–water partition coefficient (Wildman–Crippen LogP) is 3.89. The predicted molar refractivity (Wildman–Crippen MR) is 145 cm³/mol. The van der Waals surface area contributed by atoms with Crippen molar-refractivity contribution in [2.75, 3.05) is 36.8 Å². The molecule has 2 amide bonds. The van der Waals surface area contributed by atoms with Gasteiger partial charge in [-0.1, -0.05) is 48.5 Å². The summed E-state index contributed by atoms with van der Waals surface area (Å²) in [5.41, 5.74) is 3.01. The van der Waals surface area contributed by atoms with Crippen molar-refractivity contribution < 1.29 is 9.59 Å². The van der Waals surface area contributed by atoms with E-state index in [1.165, 1.54) is 6.92 Å². The van der Waals surface area contributed by atoms with Crippen LogP contribution in [0.2, 0.25) is 0 Å². The van der Waals surface area contributed by atoms with Crippen LogP contribution in [0, 0.1) is 0 Å². The van der Waals surface area contributed by atoms with Crippen molar-refractivity contribution >= 4 is 34.4 Å². The Morgan fingerprint density at radius 1 is 1.00 bits per heavy atom. The minimum Gasteiger partial charge on any atom is -0.383 e. The molecule has 3 heterocycles. The summed E-state index contributed by atoms with van der Waals surface area (Å²) >= 11 is 0. The van der Waals surface area contributed by atoms with Crippen molar-refractivity contribution in [1.29, 1.82) is 0 Å². The lowest BCUT2D eigenvalue weighted by Crippen LogP contribution is -2.39. The number of aromatic amines is 1. The average molecular weight is 498 g/mol. The second-order valence-electron chi connectivity index (χ2n) is 9.16. The molecule has 9 heteroatoms. The number of carbonyl (C=O) groups is 2. The molecule has 0 radical (unpaired) electrons. The Morgan fingerprint density at radius 3 is 2.51 bits per heavy atom. The first-order valence-electron chi connectivity index (χ1n) is 12.6. The Hall–Kier alpha value is -4.40. The lowest BCUT2D eigenvalue weighted by molar-refractivity contribution is -0.118. The number of benzene rings is 2. The molecule has 1 aliphatic rings. The molecule has 4 aromatic rings. The number of H-pyrrole nitrogens is 1. The number of aromatic nitrogens is 3. The molecule has 0 aliphatic carbocycles. The number of hydrogen-bond donors (Lipinski definition) is 4. The van der Waals surface area contributed by atoms with E-state index in [-0.39, 0.29) is 17.9 Å². The Kier molecular flexibility index (Phi) is 7.30. The molecular weight excluding hydrogens is 466 g/mol. The van der Waals surface area contributed by atoms with E-state index in [0.717, 1.165) is 36.0 Å². The smallest absolute Gasteiger partial charge is 0.270 e. The Bertz CT molecular complexity index is 1370. The maximum Gasteiger partial charge on any atom is 0.270 e. The number of fused-ring (bicyclic) bond motifs is 1. The van der Waals surface area contributed by atoms with Gasteiger partial charge in [-0.05, 0) is 31.0 Å². The first-order chi connectivity index (χ1) is 18.1. The zero-order valence-corrected chi connectivity index (χ0v) is 20.8. The van der Waals surface area contributed by atoms with Crippen LogP contribution in [0.15, 0.2) is 66.7 Å². The monoisotopic (exact) mass is 497 g/mol. The molecule has 190 valence electrons. The van der Waals surface area contributed by atoms with Gasteiger partial charge >= 0.3 is 0 Å². The topological polar surface area (TPSA) is 115 Å². The van der Waals surface area contributed by atoms with Gasteiger partial charge in [0.15, 0.2) is 5.82 Å². The van der Waals surface area contributed by atoms with Crippen molar-refractivity contribution in [3.63, 3.8) is 0 Å². The third-order valence-corrected chi connectivity index (χ3v) is 6.49. The van der Waals surface area contributed by atoms with Gasteiger partial charge < -0.3 is 25.8 Å². The van der Waals surface area contributed by atoms with Crippen LogP contribution < -0.4 is 16.0 Å². The largest absolute Gasteiger partial charge is 0.383 e. The van der Waals surface area contributed by atoms with Crippen molar-refractivity contribution in [2.45, 2.75) is 25.8 Å². The molecule has 37 heavy (non-hydrogen) atoms. The lowest BCUT2D eigenvalue weighted by atomic mass is 10.2. The van der Waals surface area contributed by atoms with Gasteiger partial charge in [-0.3, -0.25) is 9.59 Å². The molecule has 2 aromatic heterocycles. The van der Waals surface area contributed by atoms with Gasteiger partial charge in [0.1, 0.15) is 17.2 Å². The number of anilines is 2. The SMILES string of the molecule is CC(=O)NCCNc1nc(-c2ccccc2)nc2[nH]c(C(=O)N3CCCC3CNc3ccccc3)cc12. The van der Waals surface area contributed by atoms with E-state index in [0.29, 0.717) is 42.6 Å². The van der Waals surface area contributed by atoms with E-state index < -0.39 is 0 Å². The van der Waals surface area contributed by atoms with Gasteiger partial charge in [-0.25, -0.2) is 9.97 Å². The van der Waals surface area contributed by atoms with E-state index in [9.17, 15) is 9.59 Å². The second kappa shape index (κ2) is 11.1. The van der Waals surface area contributed by atoms with Crippen molar-refractivity contribution in [3.05, 3.63) is 72.4 Å². The van der Waals surface area contributed by atoms with Gasteiger partial charge in [0, 0.05) is 50.4 Å². The van der Waals surface area contributed by atoms with Gasteiger partial charge in [0.25, 0.3) is 5.91 Å². The maximum absolute atomic E-state index is 13.6. The maximum atomic E-state index is 13.6. The third kappa shape index (κ3) is 5.72. The fourth-order valence-electron chi connectivity index (χ4n) is 4.66. The molecule has 2 aromatic carbocycles. The molecule has 1 fully saturated rings. The standard InChI is InChI=1S/C28H31N7O2/c1-19(36)29-14-15-30-26-23-17-24(32-27(23)34-25(33-26)20-9-4-2-5-10-20)28(37)35-16-8-13-22(35)18-31-21-11-6-3-7-12-21/h2-7,9-12,17,22,31H,8,13-16,18H2,1H3,(H,29,36)(H2,30,32,33,34). The summed E-state index contributed by atoms with van der Waals surface area (Å²) < 4.78 is 0. The van der Waals surface area contributed by atoms with E-state index >= 15 is 0 Å².